The molecule has 0 spiro atoms. The quantitative estimate of drug-likeness (QED) is 0.135. The third-order valence-corrected chi connectivity index (χ3v) is 12.9. The van der Waals surface area contributed by atoms with E-state index in [9.17, 15) is 0 Å². The van der Waals surface area contributed by atoms with Gasteiger partial charge in [-0.05, 0) is 136 Å². The second-order valence-electron chi connectivity index (χ2n) is 17.1. The Balaban J connectivity index is 1.25. The van der Waals surface area contributed by atoms with Gasteiger partial charge in [0.2, 0.25) is 0 Å². The Morgan fingerprint density at radius 3 is 1.32 bits per heavy atom. The summed E-state index contributed by atoms with van der Waals surface area (Å²) in [5, 5.41) is 4.85. The topological polar surface area (TPSA) is 9.72 Å². The van der Waals surface area contributed by atoms with E-state index >= 15 is 0 Å². The van der Waals surface area contributed by atoms with Crippen LogP contribution in [0.5, 0.6) is 0 Å². The molecule has 0 aromatic heterocycles. The molecule has 0 bridgehead atoms. The number of benzene rings is 10. The Morgan fingerprint density at radius 2 is 0.778 bits per heavy atom. The summed E-state index contributed by atoms with van der Waals surface area (Å²) in [6.07, 6.45) is 0. The van der Waals surface area contributed by atoms with Gasteiger partial charge in [-0.1, -0.05) is 159 Å². The summed E-state index contributed by atoms with van der Waals surface area (Å²) in [7, 11) is 0. The van der Waals surface area contributed by atoms with Gasteiger partial charge in [0.05, 0.1) is 22.7 Å². The van der Waals surface area contributed by atoms with E-state index in [1.165, 1.54) is 49.4 Å². The molecule has 1 aliphatic rings. The fourth-order valence-electron chi connectivity index (χ4n) is 9.91. The highest BCUT2D eigenvalue weighted by molar-refractivity contribution is 6.15. The van der Waals surface area contributed by atoms with E-state index < -0.39 is 0 Å². The summed E-state index contributed by atoms with van der Waals surface area (Å²) in [4.78, 5) is 7.27. The molecule has 0 unspecified atom stereocenters. The van der Waals surface area contributed by atoms with Crippen LogP contribution in [0.15, 0.2) is 231 Å². The maximum atomic E-state index is 2.51. The van der Waals surface area contributed by atoms with Gasteiger partial charge in [0.15, 0.2) is 0 Å². The zero-order valence-electron chi connectivity index (χ0n) is 35.8. The summed E-state index contributed by atoms with van der Waals surface area (Å²) in [5.41, 5.74) is 16.2. The van der Waals surface area contributed by atoms with Crippen LogP contribution in [0.1, 0.15) is 30.5 Å². The molecule has 0 saturated carbocycles. The Bertz CT molecular complexity index is 3090. The van der Waals surface area contributed by atoms with Crippen LogP contribution >= 0.6 is 0 Å². The van der Waals surface area contributed by atoms with Crippen LogP contribution in [0.2, 0.25) is 0 Å². The summed E-state index contributed by atoms with van der Waals surface area (Å²) < 4.78 is 0. The number of fused-ring (bicyclic) bond motifs is 6. The van der Waals surface area contributed by atoms with Crippen molar-refractivity contribution in [2.75, 3.05) is 14.7 Å². The highest BCUT2D eigenvalue weighted by Gasteiger charge is 2.37. The minimum absolute atomic E-state index is 0.189. The van der Waals surface area contributed by atoms with Crippen LogP contribution in [0.4, 0.5) is 51.2 Å². The molecule has 0 amide bonds. The van der Waals surface area contributed by atoms with Gasteiger partial charge in [-0.2, -0.15) is 0 Å². The summed E-state index contributed by atoms with van der Waals surface area (Å²) >= 11 is 0. The van der Waals surface area contributed by atoms with Gasteiger partial charge in [0, 0.05) is 39.2 Å². The van der Waals surface area contributed by atoms with Gasteiger partial charge in [-0.25, -0.2) is 0 Å². The monoisotopic (exact) mass is 809 g/mol. The maximum absolute atomic E-state index is 2.51. The number of aryl methyl sites for hydroxylation is 1. The predicted molar refractivity (Wildman–Crippen MR) is 268 cm³/mol. The zero-order chi connectivity index (χ0) is 42.5. The molecule has 0 fully saturated rings. The normalized spacial score (nSPS) is 12.5. The first-order chi connectivity index (χ1) is 30.9. The van der Waals surface area contributed by atoms with Crippen LogP contribution in [0.3, 0.4) is 0 Å². The Kier molecular flexibility index (Phi) is 9.39. The number of hydrogen-bond donors (Lipinski definition) is 0. The number of rotatable bonds is 9. The molecular weight excluding hydrogens is 763 g/mol. The Hall–Kier alpha value is -7.88. The third kappa shape index (κ3) is 6.61. The first-order valence-corrected chi connectivity index (χ1v) is 21.9. The van der Waals surface area contributed by atoms with Crippen LogP contribution in [-0.2, 0) is 5.41 Å². The lowest BCUT2D eigenvalue weighted by Gasteiger charge is -2.34. The van der Waals surface area contributed by atoms with Crippen molar-refractivity contribution in [2.24, 2.45) is 0 Å². The molecule has 3 heteroatoms. The molecule has 3 nitrogen and oxygen atoms in total. The molecule has 0 atom stereocenters. The third-order valence-electron chi connectivity index (χ3n) is 12.9. The van der Waals surface area contributed by atoms with Gasteiger partial charge in [-0.15, -0.1) is 0 Å². The van der Waals surface area contributed by atoms with Crippen LogP contribution < -0.4 is 14.7 Å². The first-order valence-electron chi connectivity index (χ1n) is 21.9. The molecule has 0 aliphatic heterocycles. The van der Waals surface area contributed by atoms with Crippen LogP contribution in [-0.4, -0.2) is 0 Å². The van der Waals surface area contributed by atoms with E-state index in [-0.39, 0.29) is 5.41 Å². The van der Waals surface area contributed by atoms with Crippen LogP contribution in [0.25, 0.3) is 32.7 Å². The number of para-hydroxylation sites is 4. The average molecular weight is 810 g/mol. The second-order valence-corrected chi connectivity index (χ2v) is 17.1. The lowest BCUT2D eigenvalue weighted by atomic mass is 9.82. The number of anilines is 9. The summed E-state index contributed by atoms with van der Waals surface area (Å²) in [6, 6.07) is 84.0. The lowest BCUT2D eigenvalue weighted by Crippen LogP contribution is -2.18. The van der Waals surface area contributed by atoms with Crippen LogP contribution in [0, 0.1) is 6.92 Å². The molecule has 10 aromatic carbocycles. The van der Waals surface area contributed by atoms with Crippen molar-refractivity contribution in [3.8, 4) is 11.1 Å². The van der Waals surface area contributed by atoms with Crippen molar-refractivity contribution in [3.63, 3.8) is 0 Å². The van der Waals surface area contributed by atoms with E-state index in [0.29, 0.717) is 0 Å². The highest BCUT2D eigenvalue weighted by atomic mass is 15.2. The Labute approximate surface area is 370 Å². The van der Waals surface area contributed by atoms with Crippen molar-refractivity contribution in [3.05, 3.63) is 247 Å². The largest absolute Gasteiger partial charge is 0.310 e. The van der Waals surface area contributed by atoms with E-state index in [1.54, 1.807) is 0 Å². The van der Waals surface area contributed by atoms with E-state index in [2.05, 4.69) is 266 Å². The number of nitrogens with zero attached hydrogens (tertiary/aromatic N) is 3. The SMILES string of the molecule is Cc1cccc2c1-c1ccc(N(c3cc(N(c4ccccc4)c4ccccc4)cc(N(c4ccccc4)c4ccccc4)c3)c3cc4ccccc4c4ccccc34)cc1C2(C)C. The summed E-state index contributed by atoms with van der Waals surface area (Å²) in [5.74, 6) is 0. The maximum Gasteiger partial charge on any atom is 0.0546 e. The molecular formula is C60H47N3. The van der Waals surface area contributed by atoms with Crippen molar-refractivity contribution >= 4 is 72.7 Å². The van der Waals surface area contributed by atoms with Crippen molar-refractivity contribution in [1.82, 2.24) is 0 Å². The zero-order valence-corrected chi connectivity index (χ0v) is 35.8. The molecule has 0 radical (unpaired) electrons. The van der Waals surface area contributed by atoms with Gasteiger partial charge >= 0.3 is 0 Å². The molecule has 63 heavy (non-hydrogen) atoms. The van der Waals surface area contributed by atoms with Gasteiger partial charge < -0.3 is 14.7 Å². The van der Waals surface area contributed by atoms with E-state index in [0.717, 1.165) is 51.2 Å². The van der Waals surface area contributed by atoms with Crippen molar-refractivity contribution in [2.45, 2.75) is 26.2 Å². The Morgan fingerprint density at radius 1 is 0.317 bits per heavy atom. The van der Waals surface area contributed by atoms with Gasteiger partial charge in [0.25, 0.3) is 0 Å². The predicted octanol–water partition coefficient (Wildman–Crippen LogP) is 17.0. The minimum atomic E-state index is -0.189. The lowest BCUT2D eigenvalue weighted by molar-refractivity contribution is 0.660. The molecule has 11 rings (SSSR count). The fraction of sp³-hybridized carbons (Fsp3) is 0.0667. The van der Waals surface area contributed by atoms with E-state index in [1.807, 2.05) is 0 Å². The van der Waals surface area contributed by atoms with Crippen molar-refractivity contribution in [1.29, 1.82) is 0 Å². The minimum Gasteiger partial charge on any atom is -0.310 e. The molecule has 10 aromatic rings. The molecule has 0 N–H and O–H groups in total. The van der Waals surface area contributed by atoms with Crippen molar-refractivity contribution < 1.29 is 0 Å². The molecule has 302 valence electrons. The smallest absolute Gasteiger partial charge is 0.0546 e. The first kappa shape index (κ1) is 38.1. The summed E-state index contributed by atoms with van der Waals surface area (Å²) in [6.45, 7) is 7.00. The van der Waals surface area contributed by atoms with Gasteiger partial charge in [-0.3, -0.25) is 0 Å². The fourth-order valence-corrected chi connectivity index (χ4v) is 9.91. The van der Waals surface area contributed by atoms with E-state index in [4.69, 9.17) is 0 Å². The molecule has 0 heterocycles. The molecule has 0 saturated heterocycles. The molecule has 1 aliphatic carbocycles. The standard InChI is InChI=1S/C60H47N3/c1-42-21-20-34-56-59(42)55-36-35-48(41-57(55)60(56,2)3)63(58-37-43-22-16-17-31-52(43)53-32-18-19-33-54(53)58)51-39-49(61(44-23-8-4-9-24-44)45-25-10-5-11-26-45)38-50(40-51)62(46-27-12-6-13-28-46)47-29-14-7-15-30-47/h4-41H,1-3H3. The highest BCUT2D eigenvalue weighted by Crippen LogP contribution is 2.53. The van der Waals surface area contributed by atoms with Gasteiger partial charge in [0.1, 0.15) is 0 Å². The average Bonchev–Trinajstić information content (AvgIpc) is 3.56. The second kappa shape index (κ2) is 15.5. The number of hydrogen-bond acceptors (Lipinski definition) is 3.